The van der Waals surface area contributed by atoms with E-state index in [2.05, 4.69) is 10.3 Å². The molecule has 5 nitrogen and oxygen atoms in total. The summed E-state index contributed by atoms with van der Waals surface area (Å²) in [5.41, 5.74) is 1.34. The number of ether oxygens (including phenoxy) is 1. The summed E-state index contributed by atoms with van der Waals surface area (Å²) in [5.74, 6) is -0.605. The van der Waals surface area contributed by atoms with Crippen LogP contribution in [0.4, 0.5) is 14.6 Å². The number of carbonyl (C=O) groups is 1. The molecule has 1 atom stereocenters. The van der Waals surface area contributed by atoms with Gasteiger partial charge in [-0.3, -0.25) is 4.79 Å². The van der Waals surface area contributed by atoms with Gasteiger partial charge in [0.15, 0.2) is 17.4 Å². The monoisotopic (exact) mass is 401 g/mol. The molecule has 1 aliphatic heterocycles. The van der Waals surface area contributed by atoms with Crippen LogP contribution in [0.3, 0.4) is 0 Å². The quantitative estimate of drug-likeness (QED) is 0.753. The van der Waals surface area contributed by atoms with Gasteiger partial charge in [0.2, 0.25) is 0 Å². The molecule has 1 N–H and O–H groups in total. The first-order valence-corrected chi connectivity index (χ1v) is 10.2. The molecule has 1 amide bonds. The molecule has 0 saturated heterocycles. The maximum absolute atomic E-state index is 14.6. The summed E-state index contributed by atoms with van der Waals surface area (Å²) >= 11 is 0. The minimum atomic E-state index is -0.612. The molecule has 4 rings (SSSR count). The van der Waals surface area contributed by atoms with E-state index in [1.165, 1.54) is 6.07 Å². The van der Waals surface area contributed by atoms with Crippen LogP contribution in [0.2, 0.25) is 0 Å². The molecule has 154 valence electrons. The van der Waals surface area contributed by atoms with Gasteiger partial charge in [-0.15, -0.1) is 0 Å². The van der Waals surface area contributed by atoms with Gasteiger partial charge >= 0.3 is 0 Å². The Morgan fingerprint density at radius 2 is 2.03 bits per heavy atom. The van der Waals surface area contributed by atoms with Crippen molar-refractivity contribution in [2.75, 3.05) is 11.9 Å². The van der Waals surface area contributed by atoms with E-state index in [4.69, 9.17) is 4.74 Å². The van der Waals surface area contributed by atoms with Crippen LogP contribution < -0.4 is 10.1 Å². The molecule has 1 aliphatic carbocycles. The van der Waals surface area contributed by atoms with Crippen molar-refractivity contribution in [1.29, 1.82) is 0 Å². The van der Waals surface area contributed by atoms with Gasteiger partial charge in [-0.05, 0) is 57.2 Å². The second kappa shape index (κ2) is 7.97. The normalized spacial score (nSPS) is 17.5. The van der Waals surface area contributed by atoms with Gasteiger partial charge in [0.05, 0.1) is 30.5 Å². The van der Waals surface area contributed by atoms with Crippen molar-refractivity contribution in [2.24, 2.45) is 0 Å². The maximum Gasteiger partial charge on any atom is 0.257 e. The standard InChI is InChI=1S/C22H25F2N3O2/c1-3-27-12-16-20(22(27)28)18(24)11-25-21(16)26-13(2)14-8-9-19(17(23)10-14)29-15-6-4-5-7-15/h8-11,13,15H,3-7,12H2,1-2H3,(H,25,26). The van der Waals surface area contributed by atoms with Gasteiger partial charge in [-0.25, -0.2) is 13.8 Å². The van der Waals surface area contributed by atoms with Gasteiger partial charge in [-0.1, -0.05) is 6.07 Å². The zero-order valence-corrected chi connectivity index (χ0v) is 16.7. The fourth-order valence-corrected chi connectivity index (χ4v) is 4.07. The van der Waals surface area contributed by atoms with Crippen LogP contribution in [0.25, 0.3) is 0 Å². The summed E-state index contributed by atoms with van der Waals surface area (Å²) < 4.78 is 34.5. The number of hydrogen-bond acceptors (Lipinski definition) is 4. The highest BCUT2D eigenvalue weighted by Crippen LogP contribution is 2.33. The Labute approximate surface area is 169 Å². The summed E-state index contributed by atoms with van der Waals surface area (Å²) in [4.78, 5) is 18.1. The van der Waals surface area contributed by atoms with Crippen molar-refractivity contribution in [1.82, 2.24) is 9.88 Å². The lowest BCUT2D eigenvalue weighted by atomic mass is 10.1. The number of carbonyl (C=O) groups excluding carboxylic acids is 1. The molecule has 1 aromatic heterocycles. The first kappa shape index (κ1) is 19.6. The SMILES string of the molecule is CCN1Cc2c(NC(C)c3ccc(OC4CCCC4)c(F)c3)ncc(F)c2C1=O. The van der Waals surface area contributed by atoms with Crippen molar-refractivity contribution in [3.05, 3.63) is 52.7 Å². The van der Waals surface area contributed by atoms with Gasteiger partial charge in [0.25, 0.3) is 5.91 Å². The van der Waals surface area contributed by atoms with Crippen LogP contribution in [0.5, 0.6) is 5.75 Å². The minimum Gasteiger partial charge on any atom is -0.487 e. The zero-order chi connectivity index (χ0) is 20.5. The Balaban J connectivity index is 1.52. The van der Waals surface area contributed by atoms with Crippen molar-refractivity contribution < 1.29 is 18.3 Å². The van der Waals surface area contributed by atoms with E-state index >= 15 is 0 Å². The summed E-state index contributed by atoms with van der Waals surface area (Å²) in [6.07, 6.45) is 5.33. The molecule has 29 heavy (non-hydrogen) atoms. The van der Waals surface area contributed by atoms with E-state index < -0.39 is 11.6 Å². The van der Waals surface area contributed by atoms with Gasteiger partial charge in [-0.2, -0.15) is 0 Å². The number of nitrogens with one attached hydrogen (secondary N) is 1. The highest BCUT2D eigenvalue weighted by molar-refractivity contribution is 5.99. The second-order valence-corrected chi connectivity index (χ2v) is 7.71. The predicted octanol–water partition coefficient (Wildman–Crippen LogP) is 4.83. The molecule has 2 aliphatic rings. The number of pyridine rings is 1. The summed E-state index contributed by atoms with van der Waals surface area (Å²) in [5, 5.41) is 3.21. The fraction of sp³-hybridized carbons (Fsp3) is 0.455. The van der Waals surface area contributed by atoms with Crippen LogP contribution >= 0.6 is 0 Å². The van der Waals surface area contributed by atoms with Gasteiger partial charge in [0, 0.05) is 12.1 Å². The number of hydrogen-bond donors (Lipinski definition) is 1. The van der Waals surface area contributed by atoms with Gasteiger partial charge < -0.3 is 15.0 Å². The Morgan fingerprint density at radius 3 is 2.72 bits per heavy atom. The Kier molecular flexibility index (Phi) is 5.39. The van der Waals surface area contributed by atoms with Crippen LogP contribution in [-0.4, -0.2) is 28.4 Å². The first-order chi connectivity index (χ1) is 14.0. The third-order valence-corrected chi connectivity index (χ3v) is 5.77. The van der Waals surface area contributed by atoms with Crippen molar-refractivity contribution in [3.63, 3.8) is 0 Å². The molecular formula is C22H25F2N3O2. The largest absolute Gasteiger partial charge is 0.487 e. The van der Waals surface area contributed by atoms with E-state index in [1.807, 2.05) is 19.9 Å². The Bertz CT molecular complexity index is 929. The molecule has 1 fully saturated rings. The van der Waals surface area contributed by atoms with Crippen LogP contribution in [0.15, 0.2) is 24.4 Å². The fourth-order valence-electron chi connectivity index (χ4n) is 4.07. The summed E-state index contributed by atoms with van der Waals surface area (Å²) in [7, 11) is 0. The molecule has 0 radical (unpaired) electrons. The minimum absolute atomic E-state index is 0.0723. The second-order valence-electron chi connectivity index (χ2n) is 7.71. The molecule has 2 heterocycles. The number of amides is 1. The predicted molar refractivity (Wildman–Crippen MR) is 106 cm³/mol. The summed E-state index contributed by atoms with van der Waals surface area (Å²) in [6.45, 7) is 4.53. The first-order valence-electron chi connectivity index (χ1n) is 10.2. The summed E-state index contributed by atoms with van der Waals surface area (Å²) in [6, 6.07) is 4.65. The molecular weight excluding hydrogens is 376 g/mol. The highest BCUT2D eigenvalue weighted by atomic mass is 19.1. The van der Waals surface area contributed by atoms with Crippen molar-refractivity contribution in [3.8, 4) is 5.75 Å². The number of rotatable bonds is 6. The third-order valence-electron chi connectivity index (χ3n) is 5.77. The third kappa shape index (κ3) is 3.78. The Hall–Kier alpha value is -2.70. The van der Waals surface area contributed by atoms with Gasteiger partial charge in [0.1, 0.15) is 5.82 Å². The number of anilines is 1. The molecule has 0 spiro atoms. The highest BCUT2D eigenvalue weighted by Gasteiger charge is 2.32. The molecule has 1 saturated carbocycles. The maximum atomic E-state index is 14.6. The lowest BCUT2D eigenvalue weighted by Gasteiger charge is -2.19. The molecule has 1 unspecified atom stereocenters. The van der Waals surface area contributed by atoms with E-state index in [-0.39, 0.29) is 29.4 Å². The van der Waals surface area contributed by atoms with Crippen LogP contribution in [0, 0.1) is 11.6 Å². The Morgan fingerprint density at radius 1 is 1.28 bits per heavy atom. The zero-order valence-electron chi connectivity index (χ0n) is 16.7. The number of benzene rings is 1. The number of aromatic nitrogens is 1. The number of fused-ring (bicyclic) bond motifs is 1. The van der Waals surface area contributed by atoms with Crippen LogP contribution in [0.1, 0.15) is 67.1 Å². The van der Waals surface area contributed by atoms with Crippen LogP contribution in [-0.2, 0) is 6.54 Å². The topological polar surface area (TPSA) is 54.5 Å². The van der Waals surface area contributed by atoms with Crippen molar-refractivity contribution in [2.45, 2.75) is 58.2 Å². The number of nitrogens with zero attached hydrogens (tertiary/aromatic N) is 2. The van der Waals surface area contributed by atoms with E-state index in [9.17, 15) is 13.6 Å². The number of halogens is 2. The average Bonchev–Trinajstić information content (AvgIpc) is 3.33. The lowest BCUT2D eigenvalue weighted by molar-refractivity contribution is 0.0784. The lowest BCUT2D eigenvalue weighted by Crippen LogP contribution is -2.23. The van der Waals surface area contributed by atoms with Crippen molar-refractivity contribution >= 4 is 11.7 Å². The van der Waals surface area contributed by atoms with E-state index in [1.54, 1.807) is 11.0 Å². The molecule has 0 bridgehead atoms. The molecule has 1 aromatic carbocycles. The smallest absolute Gasteiger partial charge is 0.257 e. The van der Waals surface area contributed by atoms with E-state index in [0.717, 1.165) is 37.4 Å². The molecule has 2 aromatic rings. The van der Waals surface area contributed by atoms with E-state index in [0.29, 0.717) is 24.5 Å². The molecule has 7 heteroatoms. The average molecular weight is 401 g/mol.